The lowest BCUT2D eigenvalue weighted by Gasteiger charge is -2.00. The predicted molar refractivity (Wildman–Crippen MR) is 79.3 cm³/mol. The number of hydrogen-bond acceptors (Lipinski definition) is 3. The molecule has 0 radical (unpaired) electrons. The van der Waals surface area contributed by atoms with Crippen LogP contribution in [0.3, 0.4) is 0 Å². The Morgan fingerprint density at radius 3 is 2.57 bits per heavy atom. The van der Waals surface area contributed by atoms with Crippen molar-refractivity contribution in [3.63, 3.8) is 0 Å². The van der Waals surface area contributed by atoms with E-state index in [9.17, 15) is 4.79 Å². The van der Waals surface area contributed by atoms with E-state index < -0.39 is 5.97 Å². The van der Waals surface area contributed by atoms with E-state index in [0.717, 1.165) is 18.4 Å². The second-order valence-corrected chi connectivity index (χ2v) is 4.89. The molecule has 0 atom stereocenters. The molecule has 106 valence electrons. The highest BCUT2D eigenvalue weighted by atomic mass is 16.4. The zero-order valence-electron chi connectivity index (χ0n) is 11.4. The zero-order valence-corrected chi connectivity index (χ0v) is 11.4. The van der Waals surface area contributed by atoms with Crippen LogP contribution in [0.5, 0.6) is 0 Å². The summed E-state index contributed by atoms with van der Waals surface area (Å²) in [7, 11) is 0. The first-order valence-electron chi connectivity index (χ1n) is 6.84. The molecule has 0 fully saturated rings. The second kappa shape index (κ2) is 5.75. The first-order valence-corrected chi connectivity index (χ1v) is 6.84. The molecule has 0 aliphatic rings. The third-order valence-electron chi connectivity index (χ3n) is 3.34. The third-order valence-corrected chi connectivity index (χ3v) is 3.34. The molecule has 0 saturated heterocycles. The van der Waals surface area contributed by atoms with E-state index in [-0.39, 0.29) is 5.56 Å². The van der Waals surface area contributed by atoms with Crippen molar-refractivity contribution in [3.8, 4) is 0 Å². The number of fused-ring (bicyclic) bond motifs is 1. The summed E-state index contributed by atoms with van der Waals surface area (Å²) in [5.74, 6) is -0.949. The van der Waals surface area contributed by atoms with Gasteiger partial charge in [-0.05, 0) is 36.6 Å². The molecule has 1 N–H and O–H groups in total. The van der Waals surface area contributed by atoms with Gasteiger partial charge in [0.05, 0.1) is 12.1 Å². The Hall–Kier alpha value is -2.69. The van der Waals surface area contributed by atoms with Crippen molar-refractivity contribution in [1.82, 2.24) is 15.0 Å². The molecule has 5 heteroatoms. The van der Waals surface area contributed by atoms with Crippen molar-refractivity contribution >= 4 is 17.0 Å². The van der Waals surface area contributed by atoms with Crippen LogP contribution >= 0.6 is 0 Å². The van der Waals surface area contributed by atoms with Gasteiger partial charge >= 0.3 is 5.97 Å². The lowest BCUT2D eigenvalue weighted by molar-refractivity contribution is 0.0697. The first kappa shape index (κ1) is 13.3. The SMILES string of the molecule is O=C(O)c1ccc2nn(CCCc3ccccc3)nc2c1. The van der Waals surface area contributed by atoms with Crippen LogP contribution in [0.1, 0.15) is 22.3 Å². The lowest BCUT2D eigenvalue weighted by Crippen LogP contribution is -2.03. The van der Waals surface area contributed by atoms with E-state index in [2.05, 4.69) is 22.3 Å². The fourth-order valence-corrected chi connectivity index (χ4v) is 2.26. The zero-order chi connectivity index (χ0) is 14.7. The number of aromatic carboxylic acids is 1. The largest absolute Gasteiger partial charge is 0.478 e. The number of carboxylic acid groups (broad SMARTS) is 1. The first-order chi connectivity index (χ1) is 10.2. The number of aromatic nitrogens is 3. The number of nitrogens with zero attached hydrogens (tertiary/aromatic N) is 3. The van der Waals surface area contributed by atoms with Crippen LogP contribution in [0.2, 0.25) is 0 Å². The summed E-state index contributed by atoms with van der Waals surface area (Å²) < 4.78 is 0. The average Bonchev–Trinajstić information content (AvgIpc) is 2.90. The predicted octanol–water partition coefficient (Wildman–Crippen LogP) is 2.76. The van der Waals surface area contributed by atoms with Gasteiger partial charge in [0, 0.05) is 0 Å². The van der Waals surface area contributed by atoms with Crippen molar-refractivity contribution in [2.24, 2.45) is 0 Å². The number of rotatable bonds is 5. The van der Waals surface area contributed by atoms with E-state index >= 15 is 0 Å². The van der Waals surface area contributed by atoms with Gasteiger partial charge in [0.1, 0.15) is 11.0 Å². The maximum atomic E-state index is 10.9. The third kappa shape index (κ3) is 3.08. The van der Waals surface area contributed by atoms with Crippen molar-refractivity contribution < 1.29 is 9.90 Å². The van der Waals surface area contributed by atoms with Gasteiger partial charge in [0.15, 0.2) is 0 Å². The average molecular weight is 281 g/mol. The number of benzene rings is 2. The van der Waals surface area contributed by atoms with E-state index in [0.29, 0.717) is 12.1 Å². The van der Waals surface area contributed by atoms with Gasteiger partial charge in [-0.3, -0.25) is 0 Å². The van der Waals surface area contributed by atoms with Crippen molar-refractivity contribution in [1.29, 1.82) is 0 Å². The quantitative estimate of drug-likeness (QED) is 0.780. The minimum atomic E-state index is -0.949. The monoisotopic (exact) mass is 281 g/mol. The molecule has 0 saturated carbocycles. The standard InChI is InChI=1S/C16H15N3O2/c20-16(21)13-8-9-14-15(11-13)18-19(17-14)10-4-7-12-5-2-1-3-6-12/h1-3,5-6,8-9,11H,4,7,10H2,(H,20,21). The number of carbonyl (C=O) groups is 1. The lowest BCUT2D eigenvalue weighted by atomic mass is 10.1. The van der Waals surface area contributed by atoms with Crippen LogP contribution in [-0.4, -0.2) is 26.1 Å². The van der Waals surface area contributed by atoms with E-state index in [4.69, 9.17) is 5.11 Å². The topological polar surface area (TPSA) is 68.0 Å². The summed E-state index contributed by atoms with van der Waals surface area (Å²) in [5.41, 5.74) is 2.87. The van der Waals surface area contributed by atoms with Gasteiger partial charge < -0.3 is 5.11 Å². The molecule has 0 aliphatic heterocycles. The Morgan fingerprint density at radius 2 is 1.81 bits per heavy atom. The van der Waals surface area contributed by atoms with Gasteiger partial charge in [0.25, 0.3) is 0 Å². The molecule has 0 amide bonds. The van der Waals surface area contributed by atoms with E-state index in [1.54, 1.807) is 23.0 Å². The van der Waals surface area contributed by atoms with E-state index in [1.807, 2.05) is 18.2 Å². The molecule has 0 spiro atoms. The fourth-order valence-electron chi connectivity index (χ4n) is 2.26. The molecule has 21 heavy (non-hydrogen) atoms. The van der Waals surface area contributed by atoms with Crippen LogP contribution in [0.25, 0.3) is 11.0 Å². The Morgan fingerprint density at radius 1 is 1.05 bits per heavy atom. The molecule has 5 nitrogen and oxygen atoms in total. The Balaban J connectivity index is 1.68. The maximum absolute atomic E-state index is 10.9. The van der Waals surface area contributed by atoms with Crippen LogP contribution in [0.15, 0.2) is 48.5 Å². The number of carboxylic acids is 1. The highest BCUT2D eigenvalue weighted by Gasteiger charge is 2.07. The van der Waals surface area contributed by atoms with Gasteiger partial charge in [-0.25, -0.2) is 4.79 Å². The molecule has 0 unspecified atom stereocenters. The second-order valence-electron chi connectivity index (χ2n) is 4.89. The number of hydrogen-bond donors (Lipinski definition) is 1. The van der Waals surface area contributed by atoms with Gasteiger partial charge in [-0.2, -0.15) is 15.0 Å². The summed E-state index contributed by atoms with van der Waals surface area (Å²) in [6.07, 6.45) is 1.91. The van der Waals surface area contributed by atoms with Crippen molar-refractivity contribution in [2.75, 3.05) is 0 Å². The smallest absolute Gasteiger partial charge is 0.335 e. The Labute approximate surface area is 121 Å². The molecule has 1 heterocycles. The molecule has 0 aliphatic carbocycles. The maximum Gasteiger partial charge on any atom is 0.335 e. The van der Waals surface area contributed by atoms with Gasteiger partial charge in [-0.1, -0.05) is 30.3 Å². The van der Waals surface area contributed by atoms with Gasteiger partial charge in [0.2, 0.25) is 0 Å². The normalized spacial score (nSPS) is 10.9. The summed E-state index contributed by atoms with van der Waals surface area (Å²) >= 11 is 0. The van der Waals surface area contributed by atoms with Crippen molar-refractivity contribution in [2.45, 2.75) is 19.4 Å². The minimum absolute atomic E-state index is 0.235. The molecule has 3 rings (SSSR count). The summed E-state index contributed by atoms with van der Waals surface area (Å²) in [5, 5.41) is 17.6. The summed E-state index contributed by atoms with van der Waals surface area (Å²) in [6, 6.07) is 15.1. The molecular formula is C16H15N3O2. The van der Waals surface area contributed by atoms with E-state index in [1.165, 1.54) is 5.56 Å². The Kier molecular flexibility index (Phi) is 3.64. The van der Waals surface area contributed by atoms with Gasteiger partial charge in [-0.15, -0.1) is 0 Å². The van der Waals surface area contributed by atoms with Crippen LogP contribution < -0.4 is 0 Å². The molecular weight excluding hydrogens is 266 g/mol. The number of aryl methyl sites for hydroxylation is 2. The van der Waals surface area contributed by atoms with Crippen molar-refractivity contribution in [3.05, 3.63) is 59.7 Å². The molecule has 2 aromatic carbocycles. The highest BCUT2D eigenvalue weighted by molar-refractivity contribution is 5.91. The summed E-state index contributed by atoms with van der Waals surface area (Å²) in [6.45, 7) is 0.714. The molecule has 1 aromatic heterocycles. The van der Waals surface area contributed by atoms with Crippen LogP contribution in [-0.2, 0) is 13.0 Å². The molecule has 3 aromatic rings. The highest BCUT2D eigenvalue weighted by Crippen LogP contribution is 2.12. The van der Waals surface area contributed by atoms with Crippen LogP contribution in [0, 0.1) is 0 Å². The van der Waals surface area contributed by atoms with Crippen LogP contribution in [0.4, 0.5) is 0 Å². The Bertz CT molecular complexity index is 766. The molecule has 0 bridgehead atoms. The fraction of sp³-hybridized carbons (Fsp3) is 0.188. The summed E-state index contributed by atoms with van der Waals surface area (Å²) in [4.78, 5) is 12.6. The minimum Gasteiger partial charge on any atom is -0.478 e.